The fourth-order valence-electron chi connectivity index (χ4n) is 2.68. The number of nitrogen functional groups attached to an aromatic ring is 1. The summed E-state index contributed by atoms with van der Waals surface area (Å²) in [5.41, 5.74) is 7.64. The Morgan fingerprint density at radius 1 is 1.23 bits per heavy atom. The molecular weight excluding hydrogens is 334 g/mol. The third-order valence-corrected chi connectivity index (χ3v) is 4.03. The van der Waals surface area contributed by atoms with Crippen molar-refractivity contribution >= 4 is 11.7 Å². The number of rotatable bonds is 7. The number of ether oxygens (including phenoxy) is 4. The molecule has 0 saturated carbocycles. The van der Waals surface area contributed by atoms with Crippen molar-refractivity contribution in [2.75, 3.05) is 25.6 Å². The number of esters is 1. The SMILES string of the molecule is CCOC(=O)c1cc2c(cc1N)OCC(CCOCc1ccccc1)O2. The molecule has 1 unspecified atom stereocenters. The summed E-state index contributed by atoms with van der Waals surface area (Å²) in [5, 5.41) is 0. The van der Waals surface area contributed by atoms with Crippen LogP contribution in [0.25, 0.3) is 0 Å². The van der Waals surface area contributed by atoms with E-state index in [9.17, 15) is 4.79 Å². The Hall–Kier alpha value is -2.73. The fraction of sp³-hybridized carbons (Fsp3) is 0.350. The van der Waals surface area contributed by atoms with Crippen LogP contribution in [0.5, 0.6) is 11.5 Å². The van der Waals surface area contributed by atoms with E-state index in [2.05, 4.69) is 0 Å². The highest BCUT2D eigenvalue weighted by Gasteiger charge is 2.24. The van der Waals surface area contributed by atoms with Crippen LogP contribution in [-0.2, 0) is 16.1 Å². The molecular formula is C20H23NO5. The van der Waals surface area contributed by atoms with Crippen LogP contribution in [0.15, 0.2) is 42.5 Å². The zero-order chi connectivity index (χ0) is 18.4. The van der Waals surface area contributed by atoms with Gasteiger partial charge in [0, 0.05) is 18.6 Å². The van der Waals surface area contributed by atoms with Crippen LogP contribution in [0, 0.1) is 0 Å². The lowest BCUT2D eigenvalue weighted by Gasteiger charge is -2.27. The lowest BCUT2D eigenvalue weighted by Crippen LogP contribution is -2.30. The predicted molar refractivity (Wildman–Crippen MR) is 97.4 cm³/mol. The molecule has 3 rings (SSSR count). The van der Waals surface area contributed by atoms with E-state index in [-0.39, 0.29) is 18.3 Å². The number of hydrogen-bond acceptors (Lipinski definition) is 6. The van der Waals surface area contributed by atoms with Crippen molar-refractivity contribution in [1.29, 1.82) is 0 Å². The first kappa shape index (κ1) is 18.1. The van der Waals surface area contributed by atoms with Gasteiger partial charge in [-0.1, -0.05) is 30.3 Å². The van der Waals surface area contributed by atoms with E-state index in [4.69, 9.17) is 24.7 Å². The first-order valence-electron chi connectivity index (χ1n) is 8.69. The quantitative estimate of drug-likeness (QED) is 0.466. The van der Waals surface area contributed by atoms with Crippen molar-refractivity contribution in [3.63, 3.8) is 0 Å². The van der Waals surface area contributed by atoms with E-state index >= 15 is 0 Å². The minimum Gasteiger partial charge on any atom is -0.486 e. The van der Waals surface area contributed by atoms with Gasteiger partial charge in [0.05, 0.1) is 31.1 Å². The molecule has 0 bridgehead atoms. The largest absolute Gasteiger partial charge is 0.486 e. The molecule has 26 heavy (non-hydrogen) atoms. The monoisotopic (exact) mass is 357 g/mol. The van der Waals surface area contributed by atoms with Crippen LogP contribution in [0.2, 0.25) is 0 Å². The maximum absolute atomic E-state index is 12.0. The summed E-state index contributed by atoms with van der Waals surface area (Å²) in [6, 6.07) is 13.2. The van der Waals surface area contributed by atoms with Crippen LogP contribution >= 0.6 is 0 Å². The van der Waals surface area contributed by atoms with E-state index in [0.717, 1.165) is 5.56 Å². The number of benzene rings is 2. The Balaban J connectivity index is 1.55. The van der Waals surface area contributed by atoms with Crippen LogP contribution in [0.3, 0.4) is 0 Å². The zero-order valence-electron chi connectivity index (χ0n) is 14.8. The molecule has 138 valence electrons. The third-order valence-electron chi connectivity index (χ3n) is 4.03. The summed E-state index contributed by atoms with van der Waals surface area (Å²) in [6.45, 7) is 3.57. The van der Waals surface area contributed by atoms with E-state index < -0.39 is 5.97 Å². The molecule has 0 amide bonds. The van der Waals surface area contributed by atoms with Gasteiger partial charge in [-0.25, -0.2) is 4.79 Å². The fourth-order valence-corrected chi connectivity index (χ4v) is 2.68. The highest BCUT2D eigenvalue weighted by atomic mass is 16.6. The van der Waals surface area contributed by atoms with Crippen LogP contribution in [0.4, 0.5) is 5.69 Å². The third kappa shape index (κ3) is 4.46. The molecule has 0 radical (unpaired) electrons. The lowest BCUT2D eigenvalue weighted by molar-refractivity contribution is 0.0432. The zero-order valence-corrected chi connectivity index (χ0v) is 14.8. The number of carbonyl (C=O) groups excluding carboxylic acids is 1. The van der Waals surface area contributed by atoms with Gasteiger partial charge in [0.2, 0.25) is 0 Å². The number of carbonyl (C=O) groups is 1. The molecule has 1 heterocycles. The average molecular weight is 357 g/mol. The van der Waals surface area contributed by atoms with Crippen LogP contribution in [-0.4, -0.2) is 31.9 Å². The Bertz CT molecular complexity index is 747. The molecule has 1 aliphatic heterocycles. The smallest absolute Gasteiger partial charge is 0.340 e. The van der Waals surface area contributed by atoms with Crippen LogP contribution < -0.4 is 15.2 Å². The van der Waals surface area contributed by atoms with Gasteiger partial charge in [-0.15, -0.1) is 0 Å². The number of nitrogens with two attached hydrogens (primary N) is 1. The predicted octanol–water partition coefficient (Wildman–Crippen LogP) is 3.19. The molecule has 1 atom stereocenters. The summed E-state index contributed by atoms with van der Waals surface area (Å²) in [4.78, 5) is 12.0. The molecule has 1 aliphatic rings. The van der Waals surface area contributed by atoms with E-state index in [1.807, 2.05) is 30.3 Å². The van der Waals surface area contributed by atoms with Gasteiger partial charge in [0.25, 0.3) is 0 Å². The van der Waals surface area contributed by atoms with Crippen LogP contribution in [0.1, 0.15) is 29.3 Å². The molecule has 0 fully saturated rings. The molecule has 6 heteroatoms. The highest BCUT2D eigenvalue weighted by Crippen LogP contribution is 2.36. The highest BCUT2D eigenvalue weighted by molar-refractivity contribution is 5.96. The minimum absolute atomic E-state index is 0.142. The minimum atomic E-state index is -0.468. The van der Waals surface area contributed by atoms with Gasteiger partial charge in [-0.3, -0.25) is 0 Å². The maximum atomic E-state index is 12.0. The van der Waals surface area contributed by atoms with Crippen molar-refractivity contribution < 1.29 is 23.7 Å². The summed E-state index contributed by atoms with van der Waals surface area (Å²) in [6.07, 6.45) is 0.544. The normalized spacial score (nSPS) is 15.5. The summed E-state index contributed by atoms with van der Waals surface area (Å²) < 4.78 is 22.4. The molecule has 2 N–H and O–H groups in total. The molecule has 2 aromatic rings. The first-order chi connectivity index (χ1) is 12.7. The number of anilines is 1. The molecule has 2 aromatic carbocycles. The molecule has 0 aliphatic carbocycles. The van der Waals surface area contributed by atoms with Crippen molar-refractivity contribution in [2.24, 2.45) is 0 Å². The second-order valence-corrected chi connectivity index (χ2v) is 5.98. The van der Waals surface area contributed by atoms with Gasteiger partial charge in [0.1, 0.15) is 12.7 Å². The maximum Gasteiger partial charge on any atom is 0.340 e. The Morgan fingerprint density at radius 3 is 2.81 bits per heavy atom. The Labute approximate surface area is 152 Å². The van der Waals surface area contributed by atoms with Crippen molar-refractivity contribution in [3.8, 4) is 11.5 Å². The Kier molecular flexibility index (Phi) is 5.96. The first-order valence-corrected chi connectivity index (χ1v) is 8.69. The van der Waals surface area contributed by atoms with E-state index in [1.165, 1.54) is 0 Å². The summed E-state index contributed by atoms with van der Waals surface area (Å²) in [7, 11) is 0. The van der Waals surface area contributed by atoms with Gasteiger partial charge < -0.3 is 24.7 Å². The second-order valence-electron chi connectivity index (χ2n) is 5.98. The topological polar surface area (TPSA) is 80.0 Å². The van der Waals surface area contributed by atoms with Gasteiger partial charge >= 0.3 is 5.97 Å². The Morgan fingerprint density at radius 2 is 2.04 bits per heavy atom. The molecule has 0 spiro atoms. The molecule has 0 saturated heterocycles. The second kappa shape index (κ2) is 8.58. The van der Waals surface area contributed by atoms with Crippen molar-refractivity contribution in [1.82, 2.24) is 0 Å². The van der Waals surface area contributed by atoms with Gasteiger partial charge in [-0.05, 0) is 12.5 Å². The number of hydrogen-bond donors (Lipinski definition) is 1. The van der Waals surface area contributed by atoms with Crippen molar-refractivity contribution in [3.05, 3.63) is 53.6 Å². The van der Waals surface area contributed by atoms with Gasteiger partial charge in [-0.2, -0.15) is 0 Å². The molecule has 0 aromatic heterocycles. The average Bonchev–Trinajstić information content (AvgIpc) is 2.66. The molecule has 6 nitrogen and oxygen atoms in total. The van der Waals surface area contributed by atoms with E-state index in [0.29, 0.717) is 43.4 Å². The lowest BCUT2D eigenvalue weighted by atomic mass is 10.1. The summed E-state index contributed by atoms with van der Waals surface area (Å²) in [5.74, 6) is 0.572. The van der Waals surface area contributed by atoms with Crippen molar-refractivity contribution in [2.45, 2.75) is 26.1 Å². The summed E-state index contributed by atoms with van der Waals surface area (Å²) >= 11 is 0. The number of fused-ring (bicyclic) bond motifs is 1. The standard InChI is InChI=1S/C20H23NO5/c1-2-24-20(22)16-10-19-18(11-17(16)21)25-13-15(26-19)8-9-23-12-14-6-4-3-5-7-14/h3-7,10-11,15H,2,8-9,12-13,21H2,1H3. The van der Waals surface area contributed by atoms with Gasteiger partial charge in [0.15, 0.2) is 11.5 Å². The van der Waals surface area contributed by atoms with E-state index in [1.54, 1.807) is 19.1 Å².